The number of sulfonamides is 1. The van der Waals surface area contributed by atoms with Crippen LogP contribution in [0.2, 0.25) is 0 Å². The molecule has 4 aromatic rings. The average molecular weight is 483 g/mol. The fraction of sp³-hybridized carbons (Fsp3) is 0.182. The molecule has 0 radical (unpaired) electrons. The molecule has 0 bridgehead atoms. The van der Waals surface area contributed by atoms with Gasteiger partial charge in [0.1, 0.15) is 16.0 Å². The molecule has 0 aliphatic carbocycles. The molecule has 176 valence electrons. The van der Waals surface area contributed by atoms with Crippen LogP contribution in [0.25, 0.3) is 16.7 Å². The lowest BCUT2D eigenvalue weighted by molar-refractivity contribution is 0.102. The Morgan fingerprint density at radius 3 is 2.68 bits per heavy atom. The number of aromatic amines is 1. The minimum atomic E-state index is -3.91. The van der Waals surface area contributed by atoms with E-state index in [9.17, 15) is 18.0 Å². The van der Waals surface area contributed by atoms with E-state index < -0.39 is 15.9 Å². The summed E-state index contributed by atoms with van der Waals surface area (Å²) in [5.41, 5.74) is 0.967. The lowest BCUT2D eigenvalue weighted by Crippen LogP contribution is -2.30. The number of fused-ring (bicyclic) bond motifs is 1. The number of para-hydroxylation sites is 2. The van der Waals surface area contributed by atoms with Crippen molar-refractivity contribution in [2.24, 2.45) is 0 Å². The van der Waals surface area contributed by atoms with Crippen molar-refractivity contribution in [1.82, 2.24) is 24.5 Å². The largest absolute Gasteiger partial charge is 0.495 e. The first kappa shape index (κ1) is 23.1. The monoisotopic (exact) mass is 482 g/mol. The lowest BCUT2D eigenvalue weighted by Gasteiger charge is -2.15. The summed E-state index contributed by atoms with van der Waals surface area (Å²) in [6.45, 7) is 3.39. The van der Waals surface area contributed by atoms with Gasteiger partial charge in [-0.15, -0.1) is 0 Å². The van der Waals surface area contributed by atoms with Crippen LogP contribution in [0.3, 0.4) is 0 Å². The van der Waals surface area contributed by atoms with E-state index in [0.717, 1.165) is 0 Å². The van der Waals surface area contributed by atoms with Crippen LogP contribution >= 0.6 is 0 Å². The first-order chi connectivity index (χ1) is 16.2. The van der Waals surface area contributed by atoms with Crippen LogP contribution in [-0.2, 0) is 10.0 Å². The Bertz CT molecular complexity index is 1540. The maximum Gasteiger partial charge on any atom is 0.261 e. The first-order valence-corrected chi connectivity index (χ1v) is 11.7. The first-order valence-electron chi connectivity index (χ1n) is 10.2. The predicted octanol–water partition coefficient (Wildman–Crippen LogP) is 2.06. The summed E-state index contributed by atoms with van der Waals surface area (Å²) in [6.07, 6.45) is 2.66. The van der Waals surface area contributed by atoms with E-state index in [2.05, 4.69) is 25.1 Å². The molecule has 0 fully saturated rings. The SMILES string of the molecule is COc1ccc(C(=O)Nc2ccccc2-n2ncc3c(=O)[nH]cnc32)cc1S(=O)(=O)NC(C)C. The van der Waals surface area contributed by atoms with Gasteiger partial charge in [-0.05, 0) is 44.2 Å². The summed E-state index contributed by atoms with van der Waals surface area (Å²) >= 11 is 0. The molecule has 0 aliphatic rings. The van der Waals surface area contributed by atoms with Crippen molar-refractivity contribution in [3.05, 3.63) is 70.9 Å². The van der Waals surface area contributed by atoms with Crippen molar-refractivity contribution in [2.75, 3.05) is 12.4 Å². The molecule has 0 unspecified atom stereocenters. The van der Waals surface area contributed by atoms with E-state index in [1.807, 2.05) is 0 Å². The Balaban J connectivity index is 1.72. The molecule has 0 spiro atoms. The number of nitrogens with one attached hydrogen (secondary N) is 3. The van der Waals surface area contributed by atoms with Crippen molar-refractivity contribution < 1.29 is 17.9 Å². The number of hydrogen-bond donors (Lipinski definition) is 3. The molecule has 1 amide bonds. The molecule has 2 aromatic carbocycles. The second-order valence-corrected chi connectivity index (χ2v) is 9.32. The van der Waals surface area contributed by atoms with Crippen molar-refractivity contribution in [1.29, 1.82) is 0 Å². The van der Waals surface area contributed by atoms with Gasteiger partial charge < -0.3 is 15.0 Å². The Morgan fingerprint density at radius 2 is 1.94 bits per heavy atom. The Labute approximate surface area is 194 Å². The number of carbonyl (C=O) groups is 1. The molecular formula is C22H22N6O5S. The minimum Gasteiger partial charge on any atom is -0.495 e. The second kappa shape index (κ2) is 9.08. The van der Waals surface area contributed by atoms with Gasteiger partial charge in [0.05, 0.1) is 31.0 Å². The second-order valence-electron chi connectivity index (χ2n) is 7.64. The Kier molecular flexibility index (Phi) is 6.18. The molecule has 4 rings (SSSR count). The van der Waals surface area contributed by atoms with Crippen LogP contribution in [0.1, 0.15) is 24.2 Å². The summed E-state index contributed by atoms with van der Waals surface area (Å²) in [7, 11) is -2.56. The number of ether oxygens (including phenoxy) is 1. The highest BCUT2D eigenvalue weighted by Crippen LogP contribution is 2.27. The number of amides is 1. The van der Waals surface area contributed by atoms with E-state index in [0.29, 0.717) is 22.4 Å². The third-order valence-electron chi connectivity index (χ3n) is 4.86. The number of hydrogen-bond acceptors (Lipinski definition) is 7. The van der Waals surface area contributed by atoms with Crippen LogP contribution in [0.15, 0.2) is 64.7 Å². The van der Waals surface area contributed by atoms with Crippen LogP contribution in [0.5, 0.6) is 5.75 Å². The number of benzene rings is 2. The third kappa shape index (κ3) is 4.40. The molecular weight excluding hydrogens is 460 g/mol. The van der Waals surface area contributed by atoms with Crippen LogP contribution in [-0.4, -0.2) is 47.2 Å². The zero-order valence-electron chi connectivity index (χ0n) is 18.6. The van der Waals surface area contributed by atoms with Gasteiger partial charge in [0.25, 0.3) is 11.5 Å². The molecule has 3 N–H and O–H groups in total. The molecule has 0 aliphatic heterocycles. The molecule has 12 heteroatoms. The van der Waals surface area contributed by atoms with Crippen molar-refractivity contribution >= 4 is 32.7 Å². The van der Waals surface area contributed by atoms with E-state index >= 15 is 0 Å². The minimum absolute atomic E-state index is 0.111. The fourth-order valence-electron chi connectivity index (χ4n) is 3.39. The molecule has 34 heavy (non-hydrogen) atoms. The van der Waals surface area contributed by atoms with Crippen LogP contribution in [0, 0.1) is 0 Å². The summed E-state index contributed by atoms with van der Waals surface area (Å²) in [5, 5.41) is 7.32. The molecule has 0 atom stereocenters. The van der Waals surface area contributed by atoms with E-state index in [-0.39, 0.29) is 27.8 Å². The number of nitrogens with zero attached hydrogens (tertiary/aromatic N) is 3. The average Bonchev–Trinajstić information content (AvgIpc) is 3.23. The Morgan fingerprint density at radius 1 is 1.18 bits per heavy atom. The van der Waals surface area contributed by atoms with E-state index in [1.54, 1.807) is 38.1 Å². The number of methoxy groups -OCH3 is 1. The molecule has 2 heterocycles. The van der Waals surface area contributed by atoms with Gasteiger partial charge in [-0.1, -0.05) is 12.1 Å². The van der Waals surface area contributed by atoms with Gasteiger partial charge in [-0.2, -0.15) is 5.10 Å². The highest BCUT2D eigenvalue weighted by atomic mass is 32.2. The summed E-state index contributed by atoms with van der Waals surface area (Å²) in [4.78, 5) is 31.6. The van der Waals surface area contributed by atoms with Crippen LogP contribution < -0.4 is 20.3 Å². The topological polar surface area (TPSA) is 148 Å². The maximum atomic E-state index is 13.1. The van der Waals surface area contributed by atoms with Gasteiger partial charge in [-0.3, -0.25) is 9.59 Å². The molecule has 11 nitrogen and oxygen atoms in total. The van der Waals surface area contributed by atoms with Gasteiger partial charge in [-0.25, -0.2) is 22.8 Å². The van der Waals surface area contributed by atoms with Crippen molar-refractivity contribution in [2.45, 2.75) is 24.8 Å². The van der Waals surface area contributed by atoms with Gasteiger partial charge in [0.2, 0.25) is 10.0 Å². The van der Waals surface area contributed by atoms with Crippen LogP contribution in [0.4, 0.5) is 5.69 Å². The normalized spacial score (nSPS) is 11.6. The van der Waals surface area contributed by atoms with Gasteiger partial charge in [0.15, 0.2) is 5.65 Å². The molecule has 0 saturated carbocycles. The number of rotatable bonds is 7. The molecule has 0 saturated heterocycles. The maximum absolute atomic E-state index is 13.1. The van der Waals surface area contributed by atoms with Gasteiger partial charge >= 0.3 is 0 Å². The summed E-state index contributed by atoms with van der Waals surface area (Å²) in [5.74, 6) is -0.428. The number of anilines is 1. The predicted molar refractivity (Wildman–Crippen MR) is 126 cm³/mol. The zero-order chi connectivity index (χ0) is 24.5. The van der Waals surface area contributed by atoms with Crippen molar-refractivity contribution in [3.63, 3.8) is 0 Å². The van der Waals surface area contributed by atoms with E-state index in [1.165, 1.54) is 42.5 Å². The van der Waals surface area contributed by atoms with E-state index in [4.69, 9.17) is 4.74 Å². The van der Waals surface area contributed by atoms with Gasteiger partial charge in [0, 0.05) is 11.6 Å². The smallest absolute Gasteiger partial charge is 0.261 e. The highest BCUT2D eigenvalue weighted by Gasteiger charge is 2.23. The summed E-state index contributed by atoms with van der Waals surface area (Å²) in [6, 6.07) is 10.7. The summed E-state index contributed by atoms with van der Waals surface area (Å²) < 4.78 is 34.6. The van der Waals surface area contributed by atoms with Crippen molar-refractivity contribution in [3.8, 4) is 11.4 Å². The third-order valence-corrected chi connectivity index (χ3v) is 6.54. The molecule has 2 aromatic heterocycles. The highest BCUT2D eigenvalue weighted by molar-refractivity contribution is 7.89. The quantitative estimate of drug-likeness (QED) is 0.365. The Hall–Kier alpha value is -4.03. The standard InChI is InChI=1S/C22H22N6O5S/c1-13(2)27-34(31,32)19-10-14(8-9-18(19)33-3)21(29)26-16-6-4-5-7-17(16)28-20-15(11-25-28)22(30)24-12-23-20/h4-13,27H,1-3H3,(H,26,29)(H,23,24,30). The fourth-order valence-corrected chi connectivity index (χ4v) is 4.84. The zero-order valence-corrected chi connectivity index (χ0v) is 19.4. The number of H-pyrrole nitrogens is 1. The lowest BCUT2D eigenvalue weighted by atomic mass is 10.2. The number of aromatic nitrogens is 4. The number of carbonyl (C=O) groups excluding carboxylic acids is 1.